The molecular weight excluding hydrogens is 305 g/mol. The maximum absolute atomic E-state index is 6.26. The summed E-state index contributed by atoms with van der Waals surface area (Å²) in [5.41, 5.74) is 0.994. The number of hydrogen-bond donors (Lipinski definition) is 1. The van der Waals surface area contributed by atoms with Gasteiger partial charge in [-0.1, -0.05) is 36.2 Å². The lowest BCUT2D eigenvalue weighted by Gasteiger charge is -2.18. The summed E-state index contributed by atoms with van der Waals surface area (Å²) in [4.78, 5) is 4.47. The van der Waals surface area contributed by atoms with Crippen molar-refractivity contribution in [2.24, 2.45) is 0 Å². The van der Waals surface area contributed by atoms with Crippen LogP contribution in [0.15, 0.2) is 30.6 Å². The molecular formula is C16H21Cl2N3. The third kappa shape index (κ3) is 4.22. The van der Waals surface area contributed by atoms with Gasteiger partial charge in [0.2, 0.25) is 0 Å². The Kier molecular flexibility index (Phi) is 6.09. The predicted molar refractivity (Wildman–Crippen MR) is 89.2 cm³/mol. The van der Waals surface area contributed by atoms with E-state index in [1.807, 2.05) is 37.6 Å². The number of hydrogen-bond acceptors (Lipinski definition) is 2. The van der Waals surface area contributed by atoms with Crippen LogP contribution in [0, 0.1) is 0 Å². The van der Waals surface area contributed by atoms with E-state index in [2.05, 4.69) is 21.8 Å². The molecule has 2 aromatic rings. The van der Waals surface area contributed by atoms with Crippen LogP contribution in [0.2, 0.25) is 10.0 Å². The summed E-state index contributed by atoms with van der Waals surface area (Å²) >= 11 is 12.5. The lowest BCUT2D eigenvalue weighted by molar-refractivity contribution is 0.520. The van der Waals surface area contributed by atoms with Gasteiger partial charge in [0.05, 0.1) is 0 Å². The highest BCUT2D eigenvalue weighted by molar-refractivity contribution is 6.36. The predicted octanol–water partition coefficient (Wildman–Crippen LogP) is 3.97. The summed E-state index contributed by atoms with van der Waals surface area (Å²) in [6.07, 6.45) is 6.64. The van der Waals surface area contributed by atoms with E-state index in [1.165, 1.54) is 0 Å². The van der Waals surface area contributed by atoms with Gasteiger partial charge in [-0.05, 0) is 37.6 Å². The van der Waals surface area contributed by atoms with E-state index in [9.17, 15) is 0 Å². The van der Waals surface area contributed by atoms with Gasteiger partial charge in [0.25, 0.3) is 0 Å². The quantitative estimate of drug-likeness (QED) is 0.834. The molecule has 1 aromatic carbocycles. The molecule has 21 heavy (non-hydrogen) atoms. The van der Waals surface area contributed by atoms with Gasteiger partial charge in [-0.15, -0.1) is 0 Å². The average Bonchev–Trinajstić information content (AvgIpc) is 2.89. The third-order valence-electron chi connectivity index (χ3n) is 3.62. The maximum atomic E-state index is 6.26. The zero-order chi connectivity index (χ0) is 15.2. The van der Waals surface area contributed by atoms with E-state index in [-0.39, 0.29) is 6.04 Å². The van der Waals surface area contributed by atoms with E-state index < -0.39 is 0 Å². The second-order valence-corrected chi connectivity index (χ2v) is 5.95. The number of benzene rings is 1. The van der Waals surface area contributed by atoms with Crippen molar-refractivity contribution in [1.29, 1.82) is 0 Å². The van der Waals surface area contributed by atoms with Crippen molar-refractivity contribution < 1.29 is 0 Å². The first-order chi connectivity index (χ1) is 10.2. The van der Waals surface area contributed by atoms with Crippen LogP contribution in [0.25, 0.3) is 0 Å². The summed E-state index contributed by atoms with van der Waals surface area (Å²) < 4.78 is 2.21. The molecule has 0 radical (unpaired) electrons. The van der Waals surface area contributed by atoms with Crippen molar-refractivity contribution in [2.75, 3.05) is 7.05 Å². The highest BCUT2D eigenvalue weighted by atomic mass is 35.5. The smallest absolute Gasteiger partial charge is 0.110 e. The third-order valence-corrected chi connectivity index (χ3v) is 4.32. The molecule has 0 amide bonds. The number of halogens is 2. The largest absolute Gasteiger partial charge is 0.335 e. The fourth-order valence-electron chi connectivity index (χ4n) is 2.44. The molecule has 0 aliphatic heterocycles. The van der Waals surface area contributed by atoms with Crippen LogP contribution in [-0.4, -0.2) is 22.6 Å². The normalized spacial score (nSPS) is 12.6. The van der Waals surface area contributed by atoms with Gasteiger partial charge in [-0.25, -0.2) is 4.98 Å². The monoisotopic (exact) mass is 325 g/mol. The first-order valence-corrected chi connectivity index (χ1v) is 8.01. The van der Waals surface area contributed by atoms with Crippen LogP contribution in [0.4, 0.5) is 0 Å². The zero-order valence-electron chi connectivity index (χ0n) is 12.4. The van der Waals surface area contributed by atoms with Crippen LogP contribution in [0.1, 0.15) is 24.7 Å². The second kappa shape index (κ2) is 7.83. The van der Waals surface area contributed by atoms with Gasteiger partial charge >= 0.3 is 0 Å². The minimum atomic E-state index is 0.250. The van der Waals surface area contributed by atoms with Crippen LogP contribution >= 0.6 is 23.2 Å². The summed E-state index contributed by atoms with van der Waals surface area (Å²) in [6.45, 7) is 3.17. The van der Waals surface area contributed by atoms with E-state index >= 15 is 0 Å². The molecule has 1 N–H and O–H groups in total. The minimum absolute atomic E-state index is 0.250. The molecule has 1 unspecified atom stereocenters. The van der Waals surface area contributed by atoms with Crippen molar-refractivity contribution in [2.45, 2.75) is 38.8 Å². The van der Waals surface area contributed by atoms with Crippen molar-refractivity contribution in [3.05, 3.63) is 52.0 Å². The maximum Gasteiger partial charge on any atom is 0.110 e. The van der Waals surface area contributed by atoms with E-state index in [1.54, 1.807) is 0 Å². The number of aromatic nitrogens is 2. The first kappa shape index (κ1) is 16.3. The first-order valence-electron chi connectivity index (χ1n) is 7.25. The summed E-state index contributed by atoms with van der Waals surface area (Å²) in [5, 5.41) is 4.79. The molecule has 1 heterocycles. The van der Waals surface area contributed by atoms with Gasteiger partial charge in [-0.3, -0.25) is 0 Å². The fourth-order valence-corrected chi connectivity index (χ4v) is 3.00. The van der Waals surface area contributed by atoms with E-state index in [0.717, 1.165) is 47.2 Å². The van der Waals surface area contributed by atoms with E-state index in [4.69, 9.17) is 23.2 Å². The van der Waals surface area contributed by atoms with Crippen molar-refractivity contribution in [1.82, 2.24) is 14.9 Å². The molecule has 0 bridgehead atoms. The number of aryl methyl sites for hydroxylation is 1. The molecule has 0 saturated carbocycles. The molecule has 2 rings (SSSR count). The lowest BCUT2D eigenvalue weighted by atomic mass is 10.0. The number of likely N-dealkylation sites (N-methyl/N-ethyl adjacent to an activating group) is 1. The number of nitrogens with zero attached hydrogens (tertiary/aromatic N) is 2. The van der Waals surface area contributed by atoms with Crippen molar-refractivity contribution in [3.63, 3.8) is 0 Å². The molecule has 0 aliphatic carbocycles. The van der Waals surface area contributed by atoms with Gasteiger partial charge < -0.3 is 9.88 Å². The number of rotatable bonds is 7. The van der Waals surface area contributed by atoms with Crippen LogP contribution in [0.3, 0.4) is 0 Å². The topological polar surface area (TPSA) is 29.9 Å². The average molecular weight is 326 g/mol. The Bertz CT molecular complexity index is 560. The Morgan fingerprint density at radius 2 is 1.95 bits per heavy atom. The SMILES string of the molecule is CCCn1ccnc1CC(Cc1c(Cl)cccc1Cl)NC. The molecule has 0 saturated heterocycles. The highest BCUT2D eigenvalue weighted by Crippen LogP contribution is 2.26. The highest BCUT2D eigenvalue weighted by Gasteiger charge is 2.15. The molecule has 0 spiro atoms. The standard InChI is InChI=1S/C16H21Cl2N3/c1-3-8-21-9-7-20-16(21)11-12(19-2)10-13-14(17)5-4-6-15(13)18/h4-7,9,12,19H,3,8,10-11H2,1-2H3. The second-order valence-electron chi connectivity index (χ2n) is 5.13. The van der Waals surface area contributed by atoms with E-state index in [0.29, 0.717) is 0 Å². The molecule has 0 aliphatic rings. The van der Waals surface area contributed by atoms with Gasteiger partial charge in [0.1, 0.15) is 5.82 Å². The Labute approximate surface area is 136 Å². The van der Waals surface area contributed by atoms with Crippen LogP contribution < -0.4 is 5.32 Å². The molecule has 1 aromatic heterocycles. The Balaban J connectivity index is 2.11. The minimum Gasteiger partial charge on any atom is -0.335 e. The molecule has 5 heteroatoms. The molecule has 0 fully saturated rings. The summed E-state index contributed by atoms with van der Waals surface area (Å²) in [7, 11) is 1.96. The van der Waals surface area contributed by atoms with Crippen LogP contribution in [0.5, 0.6) is 0 Å². The Morgan fingerprint density at radius 3 is 2.57 bits per heavy atom. The summed E-state index contributed by atoms with van der Waals surface area (Å²) in [6, 6.07) is 5.89. The lowest BCUT2D eigenvalue weighted by Crippen LogP contribution is -2.31. The Hall–Kier alpha value is -1.03. The van der Waals surface area contributed by atoms with Crippen LogP contribution in [-0.2, 0) is 19.4 Å². The van der Waals surface area contributed by atoms with Crippen molar-refractivity contribution >= 4 is 23.2 Å². The molecule has 3 nitrogen and oxygen atoms in total. The fraction of sp³-hybridized carbons (Fsp3) is 0.438. The number of imidazole rings is 1. The van der Waals surface area contributed by atoms with Crippen molar-refractivity contribution in [3.8, 4) is 0 Å². The van der Waals surface area contributed by atoms with Gasteiger partial charge in [-0.2, -0.15) is 0 Å². The van der Waals surface area contributed by atoms with Gasteiger partial charge in [0, 0.05) is 41.4 Å². The Morgan fingerprint density at radius 1 is 1.24 bits per heavy atom. The molecule has 1 atom stereocenters. The zero-order valence-corrected chi connectivity index (χ0v) is 14.0. The number of nitrogens with one attached hydrogen (secondary N) is 1. The van der Waals surface area contributed by atoms with Gasteiger partial charge in [0.15, 0.2) is 0 Å². The summed E-state index contributed by atoms with van der Waals surface area (Å²) in [5.74, 6) is 1.10. The molecule has 114 valence electrons.